The molecule has 2 atom stereocenters. The normalized spacial score (nSPS) is 23.8. The molecule has 124 valence electrons. The van der Waals surface area contributed by atoms with Crippen molar-refractivity contribution in [2.24, 2.45) is 28.2 Å². The van der Waals surface area contributed by atoms with Gasteiger partial charge in [-0.2, -0.15) is 0 Å². The molecule has 0 radical (unpaired) electrons. The Labute approximate surface area is 136 Å². The van der Waals surface area contributed by atoms with Gasteiger partial charge in [-0.25, -0.2) is 0 Å². The average Bonchev–Trinajstić information content (AvgIpc) is 3.25. The van der Waals surface area contributed by atoms with Crippen LogP contribution in [-0.4, -0.2) is 11.5 Å². The van der Waals surface area contributed by atoms with E-state index < -0.39 is 0 Å². The number of allylic oxidation sites excluding steroid dienone is 1. The van der Waals surface area contributed by atoms with Crippen LogP contribution < -0.4 is 0 Å². The van der Waals surface area contributed by atoms with Gasteiger partial charge in [-0.05, 0) is 51.4 Å². The second-order valence-electron chi connectivity index (χ2n) is 8.32. The van der Waals surface area contributed by atoms with Gasteiger partial charge in [0.1, 0.15) is 5.78 Å². The summed E-state index contributed by atoms with van der Waals surface area (Å²) in [5, 5.41) is 0. The molecule has 1 heterocycles. The van der Waals surface area contributed by atoms with Gasteiger partial charge in [0.15, 0.2) is 0 Å². The summed E-state index contributed by atoms with van der Waals surface area (Å²) in [5.41, 5.74) is 2.61. The van der Waals surface area contributed by atoms with Crippen molar-refractivity contribution in [3.63, 3.8) is 0 Å². The second-order valence-corrected chi connectivity index (χ2v) is 8.32. The smallest absolute Gasteiger partial charge is 0.141 e. The second kappa shape index (κ2) is 7.10. The molecule has 1 aliphatic heterocycles. The standard InChI is InChI=1S/C20H33NO/c1-6-7-17-10-15(3)13-21-18(17)11-14(2)12-20(4,5)19(22)16-8-9-16/h13-14,16-17H,6-12H2,1-5H3. The van der Waals surface area contributed by atoms with Crippen LogP contribution in [0.4, 0.5) is 0 Å². The number of hydrogen-bond acceptors (Lipinski definition) is 2. The zero-order valence-electron chi connectivity index (χ0n) is 15.1. The van der Waals surface area contributed by atoms with E-state index in [1.54, 1.807) is 0 Å². The Hall–Kier alpha value is -0.920. The highest BCUT2D eigenvalue weighted by Gasteiger charge is 2.40. The van der Waals surface area contributed by atoms with Gasteiger partial charge in [0.25, 0.3) is 0 Å². The minimum Gasteiger partial charge on any atom is -0.299 e. The topological polar surface area (TPSA) is 29.4 Å². The molecule has 2 rings (SSSR count). The Morgan fingerprint density at radius 2 is 2.09 bits per heavy atom. The van der Waals surface area contributed by atoms with E-state index in [0.717, 1.165) is 25.7 Å². The van der Waals surface area contributed by atoms with Crippen LogP contribution in [0.3, 0.4) is 0 Å². The van der Waals surface area contributed by atoms with Gasteiger partial charge >= 0.3 is 0 Å². The minimum atomic E-state index is -0.165. The third-order valence-electron chi connectivity index (χ3n) is 5.16. The number of rotatable bonds is 8. The van der Waals surface area contributed by atoms with Crippen molar-refractivity contribution >= 4 is 11.5 Å². The Kier molecular flexibility index (Phi) is 5.63. The summed E-state index contributed by atoms with van der Waals surface area (Å²) in [6, 6.07) is 0. The van der Waals surface area contributed by atoms with Crippen LogP contribution in [0.1, 0.15) is 79.6 Å². The zero-order chi connectivity index (χ0) is 16.3. The summed E-state index contributed by atoms with van der Waals surface area (Å²) in [6.07, 6.45) is 9.95. The van der Waals surface area contributed by atoms with E-state index in [4.69, 9.17) is 4.99 Å². The number of ketones is 1. The molecule has 0 bridgehead atoms. The third-order valence-corrected chi connectivity index (χ3v) is 5.16. The number of Topliss-reactive ketones (excluding diaryl/α,β-unsaturated/α-hetero) is 1. The molecule has 0 N–H and O–H groups in total. The first kappa shape index (κ1) is 17.4. The average molecular weight is 303 g/mol. The van der Waals surface area contributed by atoms with E-state index >= 15 is 0 Å². The Morgan fingerprint density at radius 3 is 2.68 bits per heavy atom. The molecular formula is C20H33NO. The van der Waals surface area contributed by atoms with Crippen molar-refractivity contribution in [3.8, 4) is 0 Å². The fraction of sp³-hybridized carbons (Fsp3) is 0.800. The van der Waals surface area contributed by atoms with Gasteiger partial charge in [-0.3, -0.25) is 9.79 Å². The summed E-state index contributed by atoms with van der Waals surface area (Å²) in [4.78, 5) is 17.2. The molecule has 2 nitrogen and oxygen atoms in total. The van der Waals surface area contributed by atoms with E-state index in [-0.39, 0.29) is 5.41 Å². The Morgan fingerprint density at radius 1 is 1.41 bits per heavy atom. The van der Waals surface area contributed by atoms with Crippen molar-refractivity contribution in [2.75, 3.05) is 0 Å². The van der Waals surface area contributed by atoms with Gasteiger partial charge < -0.3 is 0 Å². The summed E-state index contributed by atoms with van der Waals surface area (Å²) < 4.78 is 0. The first-order chi connectivity index (χ1) is 10.3. The fourth-order valence-corrected chi connectivity index (χ4v) is 3.99. The van der Waals surface area contributed by atoms with E-state index in [1.165, 1.54) is 30.5 Å². The summed E-state index contributed by atoms with van der Waals surface area (Å²) >= 11 is 0. The van der Waals surface area contributed by atoms with Crippen molar-refractivity contribution in [3.05, 3.63) is 11.8 Å². The van der Waals surface area contributed by atoms with E-state index in [9.17, 15) is 4.79 Å². The van der Waals surface area contributed by atoms with Gasteiger partial charge in [-0.15, -0.1) is 0 Å². The van der Waals surface area contributed by atoms with E-state index in [1.807, 2.05) is 0 Å². The predicted molar refractivity (Wildman–Crippen MR) is 94.1 cm³/mol. The molecule has 0 amide bonds. The summed E-state index contributed by atoms with van der Waals surface area (Å²) in [5.74, 6) is 2.01. The molecule has 0 aromatic carbocycles. The molecule has 22 heavy (non-hydrogen) atoms. The molecule has 0 spiro atoms. The summed E-state index contributed by atoms with van der Waals surface area (Å²) in [6.45, 7) is 11.0. The van der Waals surface area contributed by atoms with Crippen LogP contribution in [0.2, 0.25) is 0 Å². The third kappa shape index (κ3) is 4.54. The summed E-state index contributed by atoms with van der Waals surface area (Å²) in [7, 11) is 0. The largest absolute Gasteiger partial charge is 0.299 e. The van der Waals surface area contributed by atoms with Gasteiger partial charge in [-0.1, -0.05) is 39.7 Å². The van der Waals surface area contributed by atoms with Crippen LogP contribution in [0.15, 0.2) is 16.8 Å². The van der Waals surface area contributed by atoms with Crippen LogP contribution in [0, 0.1) is 23.2 Å². The molecule has 0 aromatic rings. The molecule has 0 saturated heterocycles. The minimum absolute atomic E-state index is 0.165. The molecule has 2 aliphatic rings. The highest BCUT2D eigenvalue weighted by molar-refractivity contribution is 5.89. The maximum atomic E-state index is 12.4. The number of hydrogen-bond donors (Lipinski definition) is 0. The highest BCUT2D eigenvalue weighted by atomic mass is 16.1. The number of nitrogens with zero attached hydrogens (tertiary/aromatic N) is 1. The molecule has 1 saturated carbocycles. The molecule has 1 aliphatic carbocycles. The monoisotopic (exact) mass is 303 g/mol. The lowest BCUT2D eigenvalue weighted by Crippen LogP contribution is -2.29. The van der Waals surface area contributed by atoms with Gasteiger partial charge in [0.05, 0.1) is 0 Å². The number of carbonyl (C=O) groups is 1. The molecule has 1 fully saturated rings. The maximum Gasteiger partial charge on any atom is 0.141 e. The fourth-order valence-electron chi connectivity index (χ4n) is 3.99. The van der Waals surface area contributed by atoms with E-state index in [2.05, 4.69) is 40.8 Å². The van der Waals surface area contributed by atoms with Crippen LogP contribution in [0.25, 0.3) is 0 Å². The van der Waals surface area contributed by atoms with Gasteiger partial charge in [0.2, 0.25) is 0 Å². The lowest BCUT2D eigenvalue weighted by atomic mass is 9.75. The quantitative estimate of drug-likeness (QED) is 0.576. The maximum absolute atomic E-state index is 12.4. The predicted octanol–water partition coefficient (Wildman–Crippen LogP) is 5.57. The first-order valence-electron chi connectivity index (χ1n) is 9.10. The SMILES string of the molecule is CCCC1CC(C)=CN=C1CC(C)CC(C)(C)C(=O)C1CC1. The van der Waals surface area contributed by atoms with Crippen LogP contribution in [-0.2, 0) is 4.79 Å². The number of aliphatic imine (C=N–C) groups is 1. The highest BCUT2D eigenvalue weighted by Crippen LogP contribution is 2.40. The Balaban J connectivity index is 1.95. The lowest BCUT2D eigenvalue weighted by molar-refractivity contribution is -0.129. The van der Waals surface area contributed by atoms with Crippen molar-refractivity contribution in [1.29, 1.82) is 0 Å². The van der Waals surface area contributed by atoms with Crippen molar-refractivity contribution < 1.29 is 4.79 Å². The van der Waals surface area contributed by atoms with Crippen molar-refractivity contribution in [2.45, 2.75) is 79.6 Å². The van der Waals surface area contributed by atoms with Gasteiger partial charge in [0, 0.05) is 29.2 Å². The van der Waals surface area contributed by atoms with Crippen molar-refractivity contribution in [1.82, 2.24) is 0 Å². The lowest BCUT2D eigenvalue weighted by Gasteiger charge is -2.29. The molecule has 0 aromatic heterocycles. The Bertz CT molecular complexity index is 468. The molecular weight excluding hydrogens is 270 g/mol. The van der Waals surface area contributed by atoms with E-state index in [0.29, 0.717) is 23.5 Å². The first-order valence-corrected chi connectivity index (χ1v) is 9.10. The van der Waals surface area contributed by atoms with Crippen LogP contribution >= 0.6 is 0 Å². The molecule has 2 unspecified atom stereocenters. The number of carbonyl (C=O) groups excluding carboxylic acids is 1. The van der Waals surface area contributed by atoms with Crippen LogP contribution in [0.5, 0.6) is 0 Å². The zero-order valence-corrected chi connectivity index (χ0v) is 15.1. The molecule has 2 heteroatoms.